The van der Waals surface area contributed by atoms with Crippen LogP contribution in [0.1, 0.15) is 17.7 Å². The van der Waals surface area contributed by atoms with E-state index >= 15 is 0 Å². The molecule has 0 aromatic carbocycles. The van der Waals surface area contributed by atoms with E-state index in [2.05, 4.69) is 41.4 Å². The molecule has 0 N–H and O–H groups in total. The van der Waals surface area contributed by atoms with E-state index in [0.717, 1.165) is 52.2 Å². The van der Waals surface area contributed by atoms with Gasteiger partial charge in [-0.1, -0.05) is 6.07 Å². The van der Waals surface area contributed by atoms with Crippen LogP contribution in [-0.4, -0.2) is 68.4 Å². The van der Waals surface area contributed by atoms with E-state index in [4.69, 9.17) is 9.47 Å². The average molecular weight is 310 g/mol. The van der Waals surface area contributed by atoms with Crippen LogP contribution in [-0.2, 0) is 16.0 Å². The lowest BCUT2D eigenvalue weighted by molar-refractivity contribution is -0.0901. The van der Waals surface area contributed by atoms with Crippen LogP contribution in [0, 0.1) is 0 Å². The van der Waals surface area contributed by atoms with E-state index in [1.54, 1.807) is 0 Å². The minimum absolute atomic E-state index is 0.0889. The van der Waals surface area contributed by atoms with Crippen LogP contribution in [0.15, 0.2) is 17.5 Å². The summed E-state index contributed by atoms with van der Waals surface area (Å²) in [5, 5.41) is 2.15. The SMILES string of the molecule is CN(C)C[C@@H]1CC[C@@]2(COCCN(Cc3cccs3)C2)O1. The lowest BCUT2D eigenvalue weighted by atomic mass is 10.00. The standard InChI is InChI=1S/C16H26N2O2S/c1-17(2)10-14-5-6-16(20-14)12-18(7-8-19-13-16)11-15-4-3-9-21-15/h3-4,9,14H,5-8,10-13H2,1-2H3/t14-,16+/m0/s1. The molecule has 0 saturated carbocycles. The number of thiophene rings is 1. The van der Waals surface area contributed by atoms with Crippen molar-refractivity contribution in [3.05, 3.63) is 22.4 Å². The minimum atomic E-state index is -0.0889. The molecule has 1 spiro atoms. The van der Waals surface area contributed by atoms with Crippen LogP contribution in [0.4, 0.5) is 0 Å². The zero-order valence-electron chi connectivity index (χ0n) is 13.1. The zero-order valence-corrected chi connectivity index (χ0v) is 13.9. The van der Waals surface area contributed by atoms with Gasteiger partial charge in [0.1, 0.15) is 5.60 Å². The van der Waals surface area contributed by atoms with Gasteiger partial charge >= 0.3 is 0 Å². The molecule has 2 saturated heterocycles. The largest absolute Gasteiger partial charge is 0.377 e. The molecule has 0 radical (unpaired) electrons. The third-order valence-electron chi connectivity index (χ3n) is 4.30. The van der Waals surface area contributed by atoms with E-state index in [0.29, 0.717) is 6.10 Å². The Labute approximate surface area is 131 Å². The number of rotatable bonds is 4. The summed E-state index contributed by atoms with van der Waals surface area (Å²) in [4.78, 5) is 6.14. The minimum Gasteiger partial charge on any atom is -0.377 e. The number of hydrogen-bond acceptors (Lipinski definition) is 5. The molecule has 3 heterocycles. The topological polar surface area (TPSA) is 24.9 Å². The third-order valence-corrected chi connectivity index (χ3v) is 5.16. The summed E-state index contributed by atoms with van der Waals surface area (Å²) in [7, 11) is 4.22. The molecule has 2 atom stereocenters. The second-order valence-corrected chi connectivity index (χ2v) is 7.60. The predicted molar refractivity (Wildman–Crippen MR) is 85.8 cm³/mol. The van der Waals surface area contributed by atoms with Crippen molar-refractivity contribution in [1.29, 1.82) is 0 Å². The average Bonchev–Trinajstić information content (AvgIpc) is 3.00. The first-order valence-electron chi connectivity index (χ1n) is 7.80. The van der Waals surface area contributed by atoms with Crippen molar-refractivity contribution in [2.75, 3.05) is 46.9 Å². The summed E-state index contributed by atoms with van der Waals surface area (Å²) in [5.41, 5.74) is -0.0889. The van der Waals surface area contributed by atoms with Crippen molar-refractivity contribution in [2.45, 2.75) is 31.1 Å². The Morgan fingerprint density at radius 2 is 2.38 bits per heavy atom. The smallest absolute Gasteiger partial charge is 0.105 e. The van der Waals surface area contributed by atoms with Gasteiger partial charge in [0, 0.05) is 31.1 Å². The summed E-state index contributed by atoms with van der Waals surface area (Å²) in [6, 6.07) is 4.34. The molecular weight excluding hydrogens is 284 g/mol. The second-order valence-electron chi connectivity index (χ2n) is 6.57. The lowest BCUT2D eigenvalue weighted by Gasteiger charge is -2.32. The van der Waals surface area contributed by atoms with Gasteiger partial charge in [-0.25, -0.2) is 0 Å². The highest BCUT2D eigenvalue weighted by molar-refractivity contribution is 7.09. The molecule has 0 amide bonds. The first-order valence-corrected chi connectivity index (χ1v) is 8.68. The van der Waals surface area contributed by atoms with Gasteiger partial charge in [0.05, 0.1) is 19.3 Å². The Balaban J connectivity index is 1.62. The Morgan fingerprint density at radius 3 is 3.14 bits per heavy atom. The van der Waals surface area contributed by atoms with Crippen molar-refractivity contribution in [3.8, 4) is 0 Å². The zero-order chi connectivity index (χ0) is 14.7. The fourth-order valence-corrected chi connectivity index (χ4v) is 4.14. The highest BCUT2D eigenvalue weighted by Gasteiger charge is 2.43. The van der Waals surface area contributed by atoms with Gasteiger partial charge in [0.15, 0.2) is 0 Å². The molecule has 2 aliphatic heterocycles. The molecule has 2 aliphatic rings. The molecule has 0 bridgehead atoms. The first-order chi connectivity index (χ1) is 10.2. The maximum Gasteiger partial charge on any atom is 0.105 e. The second kappa shape index (κ2) is 6.75. The van der Waals surface area contributed by atoms with Crippen LogP contribution in [0.2, 0.25) is 0 Å². The van der Waals surface area contributed by atoms with Gasteiger partial charge in [-0.2, -0.15) is 0 Å². The summed E-state index contributed by atoms with van der Waals surface area (Å²) >= 11 is 1.83. The van der Waals surface area contributed by atoms with Crippen molar-refractivity contribution >= 4 is 11.3 Å². The lowest BCUT2D eigenvalue weighted by Crippen LogP contribution is -2.44. The predicted octanol–water partition coefficient (Wildman–Crippen LogP) is 2.06. The maximum atomic E-state index is 6.43. The Kier molecular flexibility index (Phi) is 4.96. The summed E-state index contributed by atoms with van der Waals surface area (Å²) in [6.45, 7) is 5.58. The molecule has 4 nitrogen and oxygen atoms in total. The monoisotopic (exact) mass is 310 g/mol. The van der Waals surface area contributed by atoms with E-state index in [1.807, 2.05) is 11.3 Å². The van der Waals surface area contributed by atoms with E-state index in [9.17, 15) is 0 Å². The molecule has 3 rings (SSSR count). The normalized spacial score (nSPS) is 31.1. The Bertz CT molecular complexity index is 437. The maximum absolute atomic E-state index is 6.43. The van der Waals surface area contributed by atoms with Crippen molar-refractivity contribution in [2.24, 2.45) is 0 Å². The number of hydrogen-bond donors (Lipinski definition) is 0. The van der Waals surface area contributed by atoms with Gasteiger partial charge in [-0.3, -0.25) is 4.90 Å². The fraction of sp³-hybridized carbons (Fsp3) is 0.750. The number of nitrogens with zero attached hydrogens (tertiary/aromatic N) is 2. The van der Waals surface area contributed by atoms with Gasteiger partial charge in [-0.15, -0.1) is 11.3 Å². The van der Waals surface area contributed by atoms with E-state index in [1.165, 1.54) is 4.88 Å². The highest BCUT2D eigenvalue weighted by atomic mass is 32.1. The molecule has 2 fully saturated rings. The molecular formula is C16H26N2O2S. The molecule has 21 heavy (non-hydrogen) atoms. The van der Waals surface area contributed by atoms with Crippen LogP contribution in [0.3, 0.4) is 0 Å². The van der Waals surface area contributed by atoms with Crippen LogP contribution in [0.5, 0.6) is 0 Å². The van der Waals surface area contributed by atoms with Crippen molar-refractivity contribution < 1.29 is 9.47 Å². The summed E-state index contributed by atoms with van der Waals surface area (Å²) < 4.78 is 12.3. The first kappa shape index (κ1) is 15.4. The van der Waals surface area contributed by atoms with Gasteiger partial charge in [0.2, 0.25) is 0 Å². The van der Waals surface area contributed by atoms with Crippen molar-refractivity contribution in [3.63, 3.8) is 0 Å². The van der Waals surface area contributed by atoms with Crippen LogP contribution in [0.25, 0.3) is 0 Å². The van der Waals surface area contributed by atoms with Crippen molar-refractivity contribution in [1.82, 2.24) is 9.80 Å². The molecule has 1 aromatic rings. The quantitative estimate of drug-likeness (QED) is 0.850. The number of ether oxygens (including phenoxy) is 2. The third kappa shape index (κ3) is 4.05. The van der Waals surface area contributed by atoms with Gasteiger partial charge in [0.25, 0.3) is 0 Å². The van der Waals surface area contributed by atoms with Gasteiger partial charge < -0.3 is 14.4 Å². The van der Waals surface area contributed by atoms with Gasteiger partial charge in [-0.05, 0) is 38.4 Å². The molecule has 5 heteroatoms. The van der Waals surface area contributed by atoms with Crippen LogP contribution >= 0.6 is 11.3 Å². The Hall–Kier alpha value is -0.460. The number of likely N-dealkylation sites (N-methyl/N-ethyl adjacent to an activating group) is 1. The molecule has 0 unspecified atom stereocenters. The summed E-state index contributed by atoms with van der Waals surface area (Å²) in [6.07, 6.45) is 2.62. The van der Waals surface area contributed by atoms with E-state index < -0.39 is 0 Å². The molecule has 0 aliphatic carbocycles. The van der Waals surface area contributed by atoms with E-state index in [-0.39, 0.29) is 5.60 Å². The molecule has 1 aromatic heterocycles. The highest BCUT2D eigenvalue weighted by Crippen LogP contribution is 2.33. The van der Waals surface area contributed by atoms with Crippen LogP contribution < -0.4 is 0 Å². The molecule has 118 valence electrons. The fourth-order valence-electron chi connectivity index (χ4n) is 3.40. The Morgan fingerprint density at radius 1 is 1.48 bits per heavy atom. The summed E-state index contributed by atoms with van der Waals surface area (Å²) in [5.74, 6) is 0.